The summed E-state index contributed by atoms with van der Waals surface area (Å²) in [7, 11) is 3.01. The molecule has 1 saturated heterocycles. The Labute approximate surface area is 167 Å². The molecule has 0 unspecified atom stereocenters. The van der Waals surface area contributed by atoms with Crippen molar-refractivity contribution in [1.82, 2.24) is 4.90 Å². The molecular formula is C21H21N3O5. The minimum absolute atomic E-state index is 0.172. The van der Waals surface area contributed by atoms with Gasteiger partial charge in [0.05, 0.1) is 31.0 Å². The van der Waals surface area contributed by atoms with Crippen molar-refractivity contribution in [3.05, 3.63) is 47.5 Å². The van der Waals surface area contributed by atoms with E-state index in [0.717, 1.165) is 6.42 Å². The molecule has 2 aromatic carbocycles. The van der Waals surface area contributed by atoms with Crippen LogP contribution in [0.2, 0.25) is 0 Å². The van der Waals surface area contributed by atoms with Crippen LogP contribution in [0.4, 0.5) is 11.4 Å². The summed E-state index contributed by atoms with van der Waals surface area (Å²) < 4.78 is 10.4. The molecule has 0 aliphatic carbocycles. The van der Waals surface area contributed by atoms with Gasteiger partial charge in [0.1, 0.15) is 17.5 Å². The molecular weight excluding hydrogens is 374 g/mol. The molecule has 3 amide bonds. The number of carbonyl (C=O) groups excluding carboxylic acids is 3. The first-order valence-electron chi connectivity index (χ1n) is 9.31. The summed E-state index contributed by atoms with van der Waals surface area (Å²) in [5.74, 6) is 0.187. The fraction of sp³-hybridized carbons (Fsp3) is 0.286. The fourth-order valence-corrected chi connectivity index (χ4v) is 3.75. The van der Waals surface area contributed by atoms with Crippen molar-refractivity contribution >= 4 is 29.1 Å². The van der Waals surface area contributed by atoms with Crippen molar-refractivity contribution in [3.8, 4) is 11.5 Å². The van der Waals surface area contributed by atoms with Crippen molar-refractivity contribution in [1.29, 1.82) is 0 Å². The van der Waals surface area contributed by atoms with Gasteiger partial charge in [-0.05, 0) is 43.2 Å². The molecule has 2 aromatic rings. The summed E-state index contributed by atoms with van der Waals surface area (Å²) in [6.07, 6.45) is 1.46. The molecule has 1 fully saturated rings. The van der Waals surface area contributed by atoms with Crippen LogP contribution >= 0.6 is 0 Å². The van der Waals surface area contributed by atoms with E-state index in [0.29, 0.717) is 47.0 Å². The number of methoxy groups -OCH3 is 2. The number of amides is 3. The Morgan fingerprint density at radius 2 is 1.97 bits per heavy atom. The largest absolute Gasteiger partial charge is 0.497 e. The molecule has 8 heteroatoms. The molecule has 2 heterocycles. The van der Waals surface area contributed by atoms with Crippen molar-refractivity contribution in [3.63, 3.8) is 0 Å². The van der Waals surface area contributed by atoms with Crippen LogP contribution in [0.3, 0.4) is 0 Å². The second kappa shape index (κ2) is 7.46. The van der Waals surface area contributed by atoms with E-state index in [4.69, 9.17) is 9.47 Å². The number of hydrogen-bond donors (Lipinski definition) is 2. The van der Waals surface area contributed by atoms with Crippen molar-refractivity contribution in [2.24, 2.45) is 0 Å². The Bertz CT molecular complexity index is 1000. The van der Waals surface area contributed by atoms with E-state index in [1.807, 2.05) is 0 Å². The average Bonchev–Trinajstić information content (AvgIpc) is 3.20. The van der Waals surface area contributed by atoms with E-state index in [9.17, 15) is 14.4 Å². The maximum atomic E-state index is 12.9. The van der Waals surface area contributed by atoms with Crippen LogP contribution in [0.25, 0.3) is 0 Å². The van der Waals surface area contributed by atoms with Crippen LogP contribution in [-0.4, -0.2) is 49.4 Å². The third-order valence-electron chi connectivity index (χ3n) is 5.24. The Morgan fingerprint density at radius 1 is 1.14 bits per heavy atom. The van der Waals surface area contributed by atoms with Crippen molar-refractivity contribution in [2.75, 3.05) is 31.4 Å². The molecule has 0 bridgehead atoms. The van der Waals surface area contributed by atoms with E-state index < -0.39 is 6.04 Å². The lowest BCUT2D eigenvalue weighted by molar-refractivity contribution is -0.119. The molecule has 1 atom stereocenters. The SMILES string of the molecule is COc1ccc(C(=O)Nc2ccc3c(c2)C(=O)N2CCC[C@@H]2C(=O)N3)c(OC)c1. The first-order valence-corrected chi connectivity index (χ1v) is 9.31. The van der Waals surface area contributed by atoms with Gasteiger partial charge in [0, 0.05) is 18.3 Å². The highest BCUT2D eigenvalue weighted by Crippen LogP contribution is 2.31. The predicted molar refractivity (Wildman–Crippen MR) is 107 cm³/mol. The number of rotatable bonds is 4. The Hall–Kier alpha value is -3.55. The Kier molecular flexibility index (Phi) is 4.84. The van der Waals surface area contributed by atoms with Gasteiger partial charge in [-0.25, -0.2) is 0 Å². The number of ether oxygens (including phenoxy) is 2. The summed E-state index contributed by atoms with van der Waals surface area (Å²) in [6.45, 7) is 0.552. The fourth-order valence-electron chi connectivity index (χ4n) is 3.75. The summed E-state index contributed by atoms with van der Waals surface area (Å²) in [5.41, 5.74) is 1.60. The molecule has 4 rings (SSSR count). The van der Waals surface area contributed by atoms with E-state index in [1.165, 1.54) is 14.2 Å². The summed E-state index contributed by atoms with van der Waals surface area (Å²) in [4.78, 5) is 39.7. The molecule has 0 spiro atoms. The van der Waals surface area contributed by atoms with E-state index in [1.54, 1.807) is 41.3 Å². The van der Waals surface area contributed by atoms with E-state index >= 15 is 0 Å². The van der Waals surface area contributed by atoms with E-state index in [2.05, 4.69) is 10.6 Å². The summed E-state index contributed by atoms with van der Waals surface area (Å²) in [6, 6.07) is 9.34. The van der Waals surface area contributed by atoms with Crippen LogP contribution in [0.1, 0.15) is 33.6 Å². The number of benzene rings is 2. The summed E-state index contributed by atoms with van der Waals surface area (Å²) >= 11 is 0. The van der Waals surface area contributed by atoms with Crippen LogP contribution < -0.4 is 20.1 Å². The zero-order chi connectivity index (χ0) is 20.5. The predicted octanol–water partition coefficient (Wildman–Crippen LogP) is 2.51. The van der Waals surface area contributed by atoms with Gasteiger partial charge in [-0.1, -0.05) is 0 Å². The first kappa shape index (κ1) is 18.8. The molecule has 0 saturated carbocycles. The maximum Gasteiger partial charge on any atom is 0.259 e. The highest BCUT2D eigenvalue weighted by molar-refractivity contribution is 6.12. The number of carbonyl (C=O) groups is 3. The number of nitrogens with zero attached hydrogens (tertiary/aromatic N) is 1. The van der Waals surface area contributed by atoms with Crippen LogP contribution in [-0.2, 0) is 4.79 Å². The Balaban J connectivity index is 1.62. The second-order valence-electron chi connectivity index (χ2n) is 6.93. The van der Waals surface area contributed by atoms with Crippen LogP contribution in [0.15, 0.2) is 36.4 Å². The number of anilines is 2. The first-order chi connectivity index (χ1) is 14.0. The zero-order valence-corrected chi connectivity index (χ0v) is 16.2. The molecule has 29 heavy (non-hydrogen) atoms. The Morgan fingerprint density at radius 3 is 2.72 bits per heavy atom. The third kappa shape index (κ3) is 3.37. The molecule has 0 aromatic heterocycles. The number of nitrogens with one attached hydrogen (secondary N) is 2. The molecule has 8 nitrogen and oxygen atoms in total. The topological polar surface area (TPSA) is 97.0 Å². The van der Waals surface area contributed by atoms with Gasteiger partial charge in [-0.2, -0.15) is 0 Å². The molecule has 2 N–H and O–H groups in total. The van der Waals surface area contributed by atoms with Gasteiger partial charge in [0.15, 0.2) is 0 Å². The summed E-state index contributed by atoms with van der Waals surface area (Å²) in [5, 5.41) is 5.61. The minimum Gasteiger partial charge on any atom is -0.497 e. The van der Waals surface area contributed by atoms with Gasteiger partial charge in [-0.15, -0.1) is 0 Å². The lowest BCUT2D eigenvalue weighted by Gasteiger charge is -2.20. The number of fused-ring (bicyclic) bond motifs is 2. The normalized spacial score (nSPS) is 17.7. The maximum absolute atomic E-state index is 12.9. The quantitative estimate of drug-likeness (QED) is 0.829. The second-order valence-corrected chi connectivity index (χ2v) is 6.93. The van der Waals surface area contributed by atoms with Crippen molar-refractivity contribution < 1.29 is 23.9 Å². The molecule has 2 aliphatic heterocycles. The lowest BCUT2D eigenvalue weighted by Crippen LogP contribution is -2.40. The molecule has 2 aliphatic rings. The third-order valence-corrected chi connectivity index (χ3v) is 5.24. The molecule has 0 radical (unpaired) electrons. The highest BCUT2D eigenvalue weighted by Gasteiger charge is 2.38. The number of hydrogen-bond acceptors (Lipinski definition) is 5. The van der Waals surface area contributed by atoms with Gasteiger partial charge >= 0.3 is 0 Å². The van der Waals surface area contributed by atoms with Gasteiger partial charge in [0.25, 0.3) is 11.8 Å². The standard InChI is InChI=1S/C21H21N3O5/c1-28-13-6-7-14(18(11-13)29-2)19(25)22-12-5-8-16-15(10-12)21(27)24-9-3-4-17(24)20(26)23-16/h5-8,10-11,17H,3-4,9H2,1-2H3,(H,22,25)(H,23,26)/t17-/m1/s1. The van der Waals surface area contributed by atoms with Crippen molar-refractivity contribution in [2.45, 2.75) is 18.9 Å². The van der Waals surface area contributed by atoms with Gasteiger partial charge in [-0.3, -0.25) is 14.4 Å². The van der Waals surface area contributed by atoms with Crippen LogP contribution in [0, 0.1) is 0 Å². The lowest BCUT2D eigenvalue weighted by atomic mass is 10.1. The minimum atomic E-state index is -0.434. The van der Waals surface area contributed by atoms with Crippen LogP contribution in [0.5, 0.6) is 11.5 Å². The smallest absolute Gasteiger partial charge is 0.259 e. The molecule has 150 valence electrons. The van der Waals surface area contributed by atoms with Gasteiger partial charge in [0.2, 0.25) is 5.91 Å². The highest BCUT2D eigenvalue weighted by atomic mass is 16.5. The zero-order valence-electron chi connectivity index (χ0n) is 16.2. The average molecular weight is 395 g/mol. The van der Waals surface area contributed by atoms with Gasteiger partial charge < -0.3 is 25.0 Å². The monoisotopic (exact) mass is 395 g/mol. The van der Waals surface area contributed by atoms with E-state index in [-0.39, 0.29) is 17.7 Å².